The van der Waals surface area contributed by atoms with Gasteiger partial charge in [-0.1, -0.05) is 0 Å². The number of aliphatic hydroxyl groups excluding tert-OH is 1. The summed E-state index contributed by atoms with van der Waals surface area (Å²) in [7, 11) is 0. The molecule has 2 rings (SSSR count). The summed E-state index contributed by atoms with van der Waals surface area (Å²) in [5.74, 6) is 0.563. The minimum atomic E-state index is -1.02. The summed E-state index contributed by atoms with van der Waals surface area (Å²) in [6.45, 7) is 7.36. The summed E-state index contributed by atoms with van der Waals surface area (Å²) in [5, 5.41) is 12.6. The predicted octanol–water partition coefficient (Wildman–Crippen LogP) is 1.56. The van der Waals surface area contributed by atoms with Gasteiger partial charge in [0.15, 0.2) is 0 Å². The zero-order chi connectivity index (χ0) is 13.2. The summed E-state index contributed by atoms with van der Waals surface area (Å²) in [4.78, 5) is 2.27. The van der Waals surface area contributed by atoms with E-state index in [0.717, 1.165) is 32.5 Å². The van der Waals surface area contributed by atoms with Crippen molar-refractivity contribution in [2.75, 3.05) is 26.2 Å². The molecular weight excluding hydrogens is 231 g/mol. The van der Waals surface area contributed by atoms with E-state index in [-0.39, 0.29) is 6.10 Å². The molecular formula is C14H27FN2O. The van der Waals surface area contributed by atoms with Crippen LogP contribution in [0.5, 0.6) is 0 Å². The Labute approximate surface area is 110 Å². The van der Waals surface area contributed by atoms with Crippen LogP contribution in [0.2, 0.25) is 0 Å². The van der Waals surface area contributed by atoms with E-state index in [2.05, 4.69) is 24.1 Å². The predicted molar refractivity (Wildman–Crippen MR) is 71.4 cm³/mol. The van der Waals surface area contributed by atoms with Crippen molar-refractivity contribution in [3.05, 3.63) is 0 Å². The molecule has 1 aliphatic carbocycles. The highest BCUT2D eigenvalue weighted by Crippen LogP contribution is 2.31. The van der Waals surface area contributed by atoms with Crippen LogP contribution in [-0.2, 0) is 0 Å². The molecule has 0 spiro atoms. The van der Waals surface area contributed by atoms with Crippen LogP contribution in [0.15, 0.2) is 0 Å². The molecule has 106 valence electrons. The number of alkyl halides is 1. The maximum atomic E-state index is 14.7. The number of aliphatic hydroxyl groups is 1. The molecule has 1 saturated carbocycles. The summed E-state index contributed by atoms with van der Waals surface area (Å²) >= 11 is 0. The number of rotatable bonds is 5. The van der Waals surface area contributed by atoms with E-state index >= 15 is 0 Å². The van der Waals surface area contributed by atoms with Gasteiger partial charge >= 0.3 is 0 Å². The summed E-state index contributed by atoms with van der Waals surface area (Å²) < 4.78 is 14.7. The van der Waals surface area contributed by atoms with Gasteiger partial charge in [0, 0.05) is 19.1 Å². The standard InChI is InChI=1S/C14H27FN2O/c1-11(2)17(9-12-7-13(18)8-12)10-14(15)3-5-16-6-4-14/h11-13,16,18H,3-10H2,1-2H3. The van der Waals surface area contributed by atoms with Gasteiger partial charge in [0.1, 0.15) is 5.67 Å². The van der Waals surface area contributed by atoms with Gasteiger partial charge in [-0.3, -0.25) is 4.90 Å². The molecule has 18 heavy (non-hydrogen) atoms. The molecule has 1 saturated heterocycles. The fourth-order valence-electron chi connectivity index (χ4n) is 3.04. The number of nitrogens with zero attached hydrogens (tertiary/aromatic N) is 1. The number of piperidine rings is 1. The zero-order valence-corrected chi connectivity index (χ0v) is 11.7. The number of halogens is 1. The van der Waals surface area contributed by atoms with Crippen molar-refractivity contribution in [3.8, 4) is 0 Å². The Balaban J connectivity index is 1.85. The summed E-state index contributed by atoms with van der Waals surface area (Å²) in [6, 6.07) is 0.380. The first-order chi connectivity index (χ1) is 8.48. The van der Waals surface area contributed by atoms with Crippen LogP contribution < -0.4 is 5.32 Å². The van der Waals surface area contributed by atoms with E-state index in [4.69, 9.17) is 0 Å². The Morgan fingerprint density at radius 3 is 2.44 bits per heavy atom. The number of nitrogens with one attached hydrogen (secondary N) is 1. The Hall–Kier alpha value is -0.190. The molecule has 0 atom stereocenters. The summed E-state index contributed by atoms with van der Waals surface area (Å²) in [6.07, 6.45) is 2.93. The third-order valence-corrected chi connectivity index (χ3v) is 4.42. The van der Waals surface area contributed by atoms with E-state index in [1.165, 1.54) is 0 Å². The lowest BCUT2D eigenvalue weighted by atomic mass is 9.81. The van der Waals surface area contributed by atoms with Gasteiger partial charge in [-0.25, -0.2) is 4.39 Å². The van der Waals surface area contributed by atoms with Gasteiger partial charge in [-0.15, -0.1) is 0 Å². The smallest absolute Gasteiger partial charge is 0.126 e. The molecule has 1 heterocycles. The van der Waals surface area contributed by atoms with Crippen molar-refractivity contribution in [1.29, 1.82) is 0 Å². The van der Waals surface area contributed by atoms with Crippen molar-refractivity contribution in [3.63, 3.8) is 0 Å². The second kappa shape index (κ2) is 5.85. The molecule has 0 bridgehead atoms. The minimum Gasteiger partial charge on any atom is -0.393 e. The maximum Gasteiger partial charge on any atom is 0.126 e. The fourth-order valence-corrected chi connectivity index (χ4v) is 3.04. The second-order valence-electron chi connectivity index (χ2n) is 6.42. The van der Waals surface area contributed by atoms with Crippen LogP contribution in [-0.4, -0.2) is 54.0 Å². The first-order valence-electron chi connectivity index (χ1n) is 7.30. The lowest BCUT2D eigenvalue weighted by molar-refractivity contribution is -0.00427. The minimum absolute atomic E-state index is 0.109. The first kappa shape index (κ1) is 14.2. The second-order valence-corrected chi connectivity index (χ2v) is 6.42. The average Bonchev–Trinajstić information content (AvgIpc) is 2.26. The Morgan fingerprint density at radius 1 is 1.33 bits per heavy atom. The van der Waals surface area contributed by atoms with Crippen LogP contribution in [0.25, 0.3) is 0 Å². The molecule has 2 N–H and O–H groups in total. The molecule has 4 heteroatoms. The molecule has 0 aromatic rings. The van der Waals surface area contributed by atoms with Crippen molar-refractivity contribution in [1.82, 2.24) is 10.2 Å². The highest BCUT2D eigenvalue weighted by atomic mass is 19.1. The molecule has 0 aromatic heterocycles. The molecule has 0 aromatic carbocycles. The highest BCUT2D eigenvalue weighted by Gasteiger charge is 2.36. The van der Waals surface area contributed by atoms with E-state index in [1.54, 1.807) is 0 Å². The van der Waals surface area contributed by atoms with E-state index < -0.39 is 5.67 Å². The Kier molecular flexibility index (Phi) is 4.62. The van der Waals surface area contributed by atoms with Crippen molar-refractivity contribution >= 4 is 0 Å². The molecule has 2 fully saturated rings. The van der Waals surface area contributed by atoms with Crippen LogP contribution in [0.4, 0.5) is 4.39 Å². The van der Waals surface area contributed by atoms with Crippen molar-refractivity contribution in [2.45, 2.75) is 57.3 Å². The van der Waals surface area contributed by atoms with E-state index in [9.17, 15) is 9.50 Å². The SMILES string of the molecule is CC(C)N(CC1CC(O)C1)CC1(F)CCNCC1. The van der Waals surface area contributed by atoms with E-state index in [1.807, 2.05) is 0 Å². The Bertz CT molecular complexity index is 261. The van der Waals surface area contributed by atoms with Gasteiger partial charge in [0.25, 0.3) is 0 Å². The lowest BCUT2D eigenvalue weighted by Crippen LogP contribution is -2.51. The monoisotopic (exact) mass is 258 g/mol. The van der Waals surface area contributed by atoms with Crippen LogP contribution in [0.1, 0.15) is 39.5 Å². The van der Waals surface area contributed by atoms with Crippen LogP contribution >= 0.6 is 0 Å². The molecule has 0 amide bonds. The average molecular weight is 258 g/mol. The van der Waals surface area contributed by atoms with E-state index in [0.29, 0.717) is 31.3 Å². The third-order valence-electron chi connectivity index (χ3n) is 4.42. The maximum absolute atomic E-state index is 14.7. The van der Waals surface area contributed by atoms with Crippen molar-refractivity contribution in [2.24, 2.45) is 5.92 Å². The van der Waals surface area contributed by atoms with Gasteiger partial charge < -0.3 is 10.4 Å². The molecule has 1 aliphatic heterocycles. The largest absolute Gasteiger partial charge is 0.393 e. The van der Waals surface area contributed by atoms with Gasteiger partial charge in [0.2, 0.25) is 0 Å². The Morgan fingerprint density at radius 2 is 1.94 bits per heavy atom. The molecule has 3 nitrogen and oxygen atoms in total. The molecule has 2 aliphatic rings. The van der Waals surface area contributed by atoms with Crippen LogP contribution in [0, 0.1) is 5.92 Å². The van der Waals surface area contributed by atoms with Crippen molar-refractivity contribution < 1.29 is 9.50 Å². The van der Waals surface area contributed by atoms with Crippen LogP contribution in [0.3, 0.4) is 0 Å². The zero-order valence-electron chi connectivity index (χ0n) is 11.7. The first-order valence-corrected chi connectivity index (χ1v) is 7.30. The fraction of sp³-hybridized carbons (Fsp3) is 1.00. The quantitative estimate of drug-likeness (QED) is 0.785. The normalized spacial score (nSPS) is 31.7. The number of hydrogen-bond acceptors (Lipinski definition) is 3. The topological polar surface area (TPSA) is 35.5 Å². The van der Waals surface area contributed by atoms with Gasteiger partial charge in [0.05, 0.1) is 6.10 Å². The number of hydrogen-bond donors (Lipinski definition) is 2. The summed E-state index contributed by atoms with van der Waals surface area (Å²) in [5.41, 5.74) is -1.02. The lowest BCUT2D eigenvalue weighted by Gasteiger charge is -2.41. The van der Waals surface area contributed by atoms with Gasteiger partial charge in [-0.05, 0) is 58.5 Å². The van der Waals surface area contributed by atoms with Gasteiger partial charge in [-0.2, -0.15) is 0 Å². The highest BCUT2D eigenvalue weighted by molar-refractivity contribution is 4.90. The molecule has 0 unspecified atom stereocenters. The molecule has 0 radical (unpaired) electrons. The third kappa shape index (κ3) is 3.65.